The molecule has 0 aliphatic heterocycles. The lowest BCUT2D eigenvalue weighted by Gasteiger charge is -2.17. The number of hydrogen-bond donors (Lipinski definition) is 3. The SMILES string of the molecule is C#Cc1cc(F)c(Nc2cc(C)[nH]n2)nc1N[C@@H](C)c1ccc(F)cc1. The monoisotopic (exact) mass is 353 g/mol. The second-order valence-electron chi connectivity index (χ2n) is 5.84. The Morgan fingerprint density at radius 2 is 1.88 bits per heavy atom. The molecule has 0 saturated heterocycles. The van der Waals surface area contributed by atoms with Crippen LogP contribution in [0.3, 0.4) is 0 Å². The fraction of sp³-hybridized carbons (Fsp3) is 0.158. The van der Waals surface area contributed by atoms with Crippen molar-refractivity contribution in [2.45, 2.75) is 19.9 Å². The normalized spacial score (nSPS) is 11.7. The second-order valence-corrected chi connectivity index (χ2v) is 5.84. The summed E-state index contributed by atoms with van der Waals surface area (Å²) in [5.74, 6) is 2.32. The molecule has 2 heterocycles. The largest absolute Gasteiger partial charge is 0.362 e. The maximum absolute atomic E-state index is 14.3. The van der Waals surface area contributed by atoms with Crippen molar-refractivity contribution in [1.82, 2.24) is 15.2 Å². The smallest absolute Gasteiger partial charge is 0.170 e. The molecule has 0 radical (unpaired) electrons. The molecule has 26 heavy (non-hydrogen) atoms. The molecule has 0 amide bonds. The van der Waals surface area contributed by atoms with E-state index in [1.165, 1.54) is 18.2 Å². The number of terminal acetylenes is 1. The molecule has 7 heteroatoms. The van der Waals surface area contributed by atoms with E-state index in [9.17, 15) is 8.78 Å². The molecular weight excluding hydrogens is 336 g/mol. The van der Waals surface area contributed by atoms with Crippen LogP contribution in [0, 0.1) is 30.9 Å². The second kappa shape index (κ2) is 7.23. The standard InChI is InChI=1S/C19H17F2N5/c1-4-13-10-16(21)19(23-17-9-11(2)25-26-17)24-18(13)22-12(3)14-5-7-15(20)8-6-14/h1,5-10,12H,2-3H3,(H3,22,23,24,25,26)/t12-/m0/s1. The summed E-state index contributed by atoms with van der Waals surface area (Å²) in [6, 6.07) is 8.83. The number of benzene rings is 1. The average molecular weight is 353 g/mol. The highest BCUT2D eigenvalue weighted by atomic mass is 19.1. The first-order valence-electron chi connectivity index (χ1n) is 7.94. The summed E-state index contributed by atoms with van der Waals surface area (Å²) in [4.78, 5) is 4.26. The Bertz CT molecular complexity index is 957. The number of halogens is 2. The lowest BCUT2D eigenvalue weighted by atomic mass is 10.1. The van der Waals surface area contributed by atoms with Gasteiger partial charge in [0.25, 0.3) is 0 Å². The van der Waals surface area contributed by atoms with Crippen molar-refractivity contribution in [3.63, 3.8) is 0 Å². The number of anilines is 3. The van der Waals surface area contributed by atoms with Gasteiger partial charge in [0, 0.05) is 17.8 Å². The minimum Gasteiger partial charge on any atom is -0.362 e. The van der Waals surface area contributed by atoms with E-state index in [-0.39, 0.29) is 17.7 Å². The number of nitrogens with zero attached hydrogens (tertiary/aromatic N) is 2. The Labute approximate surface area is 149 Å². The average Bonchev–Trinajstić information content (AvgIpc) is 3.03. The third kappa shape index (κ3) is 3.81. The van der Waals surface area contributed by atoms with Crippen molar-refractivity contribution in [2.24, 2.45) is 0 Å². The van der Waals surface area contributed by atoms with Crippen molar-refractivity contribution in [1.29, 1.82) is 0 Å². The molecule has 0 aliphatic rings. The van der Waals surface area contributed by atoms with Crippen LogP contribution in [0.5, 0.6) is 0 Å². The molecule has 1 atom stereocenters. The van der Waals surface area contributed by atoms with Gasteiger partial charge in [-0.25, -0.2) is 13.8 Å². The Balaban J connectivity index is 1.88. The highest BCUT2D eigenvalue weighted by molar-refractivity contribution is 5.62. The maximum Gasteiger partial charge on any atom is 0.170 e. The molecule has 0 unspecified atom stereocenters. The Morgan fingerprint density at radius 1 is 1.15 bits per heavy atom. The number of hydrogen-bond acceptors (Lipinski definition) is 4. The molecular formula is C19H17F2N5. The zero-order valence-electron chi connectivity index (χ0n) is 14.3. The number of nitrogens with one attached hydrogen (secondary N) is 3. The van der Waals surface area contributed by atoms with Gasteiger partial charge < -0.3 is 10.6 Å². The molecule has 0 aliphatic carbocycles. The predicted molar refractivity (Wildman–Crippen MR) is 97.2 cm³/mol. The predicted octanol–water partition coefficient (Wildman–Crippen LogP) is 4.29. The third-order valence-corrected chi connectivity index (χ3v) is 3.81. The van der Waals surface area contributed by atoms with Gasteiger partial charge in [-0.3, -0.25) is 5.10 Å². The van der Waals surface area contributed by atoms with Crippen LogP contribution in [0.15, 0.2) is 36.4 Å². The van der Waals surface area contributed by atoms with E-state index in [1.807, 2.05) is 13.8 Å². The van der Waals surface area contributed by atoms with Crippen molar-refractivity contribution >= 4 is 17.5 Å². The van der Waals surface area contributed by atoms with Gasteiger partial charge in [0.05, 0.1) is 5.56 Å². The minimum atomic E-state index is -0.585. The zero-order chi connectivity index (χ0) is 18.7. The summed E-state index contributed by atoms with van der Waals surface area (Å²) in [6.45, 7) is 3.71. The molecule has 3 N–H and O–H groups in total. The number of H-pyrrole nitrogens is 1. The number of rotatable bonds is 5. The van der Waals surface area contributed by atoms with Crippen LogP contribution in [0.4, 0.5) is 26.2 Å². The summed E-state index contributed by atoms with van der Waals surface area (Å²) in [6.07, 6.45) is 5.48. The molecule has 0 spiro atoms. The van der Waals surface area contributed by atoms with E-state index in [4.69, 9.17) is 6.42 Å². The van der Waals surface area contributed by atoms with E-state index in [1.54, 1.807) is 18.2 Å². The van der Waals surface area contributed by atoms with Crippen molar-refractivity contribution < 1.29 is 8.78 Å². The van der Waals surface area contributed by atoms with Crippen molar-refractivity contribution in [3.05, 3.63) is 64.9 Å². The van der Waals surface area contributed by atoms with Gasteiger partial charge >= 0.3 is 0 Å². The first-order chi connectivity index (χ1) is 12.5. The fourth-order valence-electron chi connectivity index (χ4n) is 2.44. The van der Waals surface area contributed by atoms with Gasteiger partial charge in [-0.2, -0.15) is 5.10 Å². The van der Waals surface area contributed by atoms with E-state index in [0.29, 0.717) is 17.2 Å². The van der Waals surface area contributed by atoms with Crippen molar-refractivity contribution in [2.75, 3.05) is 10.6 Å². The molecule has 0 bridgehead atoms. The summed E-state index contributed by atoms with van der Waals surface area (Å²) < 4.78 is 27.4. The highest BCUT2D eigenvalue weighted by Crippen LogP contribution is 2.26. The summed E-state index contributed by atoms with van der Waals surface area (Å²) >= 11 is 0. The minimum absolute atomic E-state index is 0.00399. The molecule has 0 saturated carbocycles. The van der Waals surface area contributed by atoms with Gasteiger partial charge in [0.15, 0.2) is 17.5 Å². The van der Waals surface area contributed by atoms with Gasteiger partial charge in [-0.05, 0) is 37.6 Å². The molecule has 3 aromatic rings. The van der Waals surface area contributed by atoms with Gasteiger partial charge in [-0.15, -0.1) is 6.42 Å². The Morgan fingerprint density at radius 3 is 2.50 bits per heavy atom. The first-order valence-corrected chi connectivity index (χ1v) is 7.94. The van der Waals surface area contributed by atoms with Crippen molar-refractivity contribution in [3.8, 4) is 12.3 Å². The molecule has 5 nitrogen and oxygen atoms in total. The maximum atomic E-state index is 14.3. The van der Waals surface area contributed by atoms with Crippen LogP contribution >= 0.6 is 0 Å². The number of aromatic nitrogens is 3. The van der Waals surface area contributed by atoms with E-state index >= 15 is 0 Å². The Hall–Kier alpha value is -3.40. The number of pyridine rings is 1. The van der Waals surface area contributed by atoms with Crippen LogP contribution in [0.25, 0.3) is 0 Å². The third-order valence-electron chi connectivity index (χ3n) is 3.81. The number of aromatic amines is 1. The van der Waals surface area contributed by atoms with Gasteiger partial charge in [0.2, 0.25) is 0 Å². The van der Waals surface area contributed by atoms with Crippen LogP contribution in [-0.4, -0.2) is 15.2 Å². The lowest BCUT2D eigenvalue weighted by Crippen LogP contribution is -2.11. The van der Waals surface area contributed by atoms with Gasteiger partial charge in [-0.1, -0.05) is 18.1 Å². The Kier molecular flexibility index (Phi) is 4.85. The van der Waals surface area contributed by atoms with Crippen LogP contribution in [0.1, 0.15) is 29.8 Å². The van der Waals surface area contributed by atoms with Crippen LogP contribution in [-0.2, 0) is 0 Å². The van der Waals surface area contributed by atoms with Crippen LogP contribution < -0.4 is 10.6 Å². The quantitative estimate of drug-likeness (QED) is 0.599. The lowest BCUT2D eigenvalue weighted by molar-refractivity contribution is 0.624. The highest BCUT2D eigenvalue weighted by Gasteiger charge is 2.15. The van der Waals surface area contributed by atoms with E-state index in [0.717, 1.165) is 11.3 Å². The molecule has 132 valence electrons. The zero-order valence-corrected chi connectivity index (χ0v) is 14.3. The first kappa shape index (κ1) is 17.4. The van der Waals surface area contributed by atoms with E-state index < -0.39 is 5.82 Å². The summed E-state index contributed by atoms with van der Waals surface area (Å²) in [5, 5.41) is 12.7. The number of aryl methyl sites for hydroxylation is 1. The van der Waals surface area contributed by atoms with Crippen LogP contribution in [0.2, 0.25) is 0 Å². The molecule has 3 rings (SSSR count). The molecule has 1 aromatic carbocycles. The topological polar surface area (TPSA) is 65.6 Å². The van der Waals surface area contributed by atoms with Gasteiger partial charge in [0.1, 0.15) is 11.6 Å². The molecule has 0 fully saturated rings. The molecule has 2 aromatic heterocycles. The summed E-state index contributed by atoms with van der Waals surface area (Å²) in [7, 11) is 0. The fourth-order valence-corrected chi connectivity index (χ4v) is 2.44. The summed E-state index contributed by atoms with van der Waals surface area (Å²) in [5.41, 5.74) is 1.97. The van der Waals surface area contributed by atoms with E-state index in [2.05, 4.69) is 31.7 Å².